The van der Waals surface area contributed by atoms with Crippen molar-refractivity contribution in [2.24, 2.45) is 11.3 Å². The summed E-state index contributed by atoms with van der Waals surface area (Å²) in [6.45, 7) is 6.43. The number of amides is 1. The highest BCUT2D eigenvalue weighted by Crippen LogP contribution is 2.25. The second-order valence-corrected chi connectivity index (χ2v) is 5.61. The summed E-state index contributed by atoms with van der Waals surface area (Å²) in [5, 5.41) is 6.44. The topological polar surface area (TPSA) is 50.4 Å². The molecule has 2 aliphatic rings. The molecule has 0 bridgehead atoms. The van der Waals surface area contributed by atoms with E-state index in [1.807, 2.05) is 0 Å². The van der Waals surface area contributed by atoms with Gasteiger partial charge in [0, 0.05) is 26.3 Å². The highest BCUT2D eigenvalue weighted by Gasteiger charge is 2.34. The van der Waals surface area contributed by atoms with E-state index in [0.29, 0.717) is 5.92 Å². The maximum absolute atomic E-state index is 12.2. The molecule has 0 radical (unpaired) electrons. The Morgan fingerprint density at radius 1 is 1.47 bits per heavy atom. The van der Waals surface area contributed by atoms with Crippen molar-refractivity contribution < 1.29 is 9.53 Å². The molecule has 0 aromatic rings. The number of carbonyl (C=O) groups is 1. The van der Waals surface area contributed by atoms with Gasteiger partial charge in [-0.15, -0.1) is 0 Å². The van der Waals surface area contributed by atoms with Crippen molar-refractivity contribution in [2.75, 3.05) is 32.8 Å². The van der Waals surface area contributed by atoms with Crippen LogP contribution in [0.4, 0.5) is 0 Å². The van der Waals surface area contributed by atoms with E-state index in [9.17, 15) is 4.79 Å². The lowest BCUT2D eigenvalue weighted by molar-refractivity contribution is -0.131. The van der Waals surface area contributed by atoms with E-state index < -0.39 is 0 Å². The van der Waals surface area contributed by atoms with Crippen LogP contribution < -0.4 is 10.6 Å². The number of hydrogen-bond acceptors (Lipinski definition) is 3. The number of rotatable bonds is 3. The Kier molecular flexibility index (Phi) is 4.40. The summed E-state index contributed by atoms with van der Waals surface area (Å²) in [6.07, 6.45) is 4.26. The van der Waals surface area contributed by atoms with E-state index in [1.54, 1.807) is 0 Å². The average molecular weight is 240 g/mol. The Labute approximate surface area is 103 Å². The van der Waals surface area contributed by atoms with Crippen LogP contribution in [-0.2, 0) is 9.53 Å². The molecule has 0 aromatic carbocycles. The van der Waals surface area contributed by atoms with Crippen molar-refractivity contribution in [3.8, 4) is 0 Å². The molecule has 2 heterocycles. The molecule has 2 N–H and O–H groups in total. The third-order valence-electron chi connectivity index (χ3n) is 4.04. The van der Waals surface area contributed by atoms with E-state index >= 15 is 0 Å². The van der Waals surface area contributed by atoms with Gasteiger partial charge in [0.25, 0.3) is 0 Å². The number of nitrogens with one attached hydrogen (secondary N) is 2. The van der Waals surface area contributed by atoms with Gasteiger partial charge in [0.2, 0.25) is 5.91 Å². The smallest absolute Gasteiger partial charge is 0.227 e. The van der Waals surface area contributed by atoms with Crippen molar-refractivity contribution in [3.05, 3.63) is 0 Å². The summed E-state index contributed by atoms with van der Waals surface area (Å²) < 4.78 is 5.32. The summed E-state index contributed by atoms with van der Waals surface area (Å²) in [5.74, 6) is 0.823. The minimum Gasteiger partial charge on any atom is -0.381 e. The molecular weight excluding hydrogens is 216 g/mol. The van der Waals surface area contributed by atoms with Crippen molar-refractivity contribution >= 4 is 5.91 Å². The Balaban J connectivity index is 1.75. The predicted molar refractivity (Wildman–Crippen MR) is 66.8 cm³/mol. The first-order chi connectivity index (χ1) is 8.21. The van der Waals surface area contributed by atoms with E-state index in [4.69, 9.17) is 4.74 Å². The van der Waals surface area contributed by atoms with Gasteiger partial charge in [0.1, 0.15) is 0 Å². The number of piperidine rings is 1. The zero-order valence-electron chi connectivity index (χ0n) is 10.8. The van der Waals surface area contributed by atoms with Gasteiger partial charge in [-0.3, -0.25) is 4.79 Å². The van der Waals surface area contributed by atoms with Crippen LogP contribution in [0.3, 0.4) is 0 Å². The summed E-state index contributed by atoms with van der Waals surface area (Å²) >= 11 is 0. The summed E-state index contributed by atoms with van der Waals surface area (Å²) in [4.78, 5) is 12.2. The molecule has 4 heteroatoms. The summed E-state index contributed by atoms with van der Waals surface area (Å²) in [7, 11) is 0. The highest BCUT2D eigenvalue weighted by molar-refractivity contribution is 5.82. The van der Waals surface area contributed by atoms with Gasteiger partial charge in [-0.2, -0.15) is 0 Å². The number of hydrogen-bond donors (Lipinski definition) is 2. The SMILES string of the molecule is CC1(C(=O)NCC2CCOCC2)CCCNC1. The van der Waals surface area contributed by atoms with Gasteiger partial charge < -0.3 is 15.4 Å². The van der Waals surface area contributed by atoms with E-state index in [-0.39, 0.29) is 11.3 Å². The van der Waals surface area contributed by atoms with Crippen LogP contribution in [0.5, 0.6) is 0 Å². The van der Waals surface area contributed by atoms with Crippen LogP contribution in [-0.4, -0.2) is 38.8 Å². The molecular formula is C13H24N2O2. The molecule has 2 saturated heterocycles. The first-order valence-corrected chi connectivity index (χ1v) is 6.77. The standard InChI is InChI=1S/C13H24N2O2/c1-13(5-2-6-14-10-13)12(16)15-9-11-3-7-17-8-4-11/h11,14H,2-10H2,1H3,(H,15,16). The van der Waals surface area contributed by atoms with Gasteiger partial charge in [-0.1, -0.05) is 0 Å². The van der Waals surface area contributed by atoms with Gasteiger partial charge in [-0.25, -0.2) is 0 Å². The Bertz CT molecular complexity index is 256. The van der Waals surface area contributed by atoms with Crippen molar-refractivity contribution in [3.63, 3.8) is 0 Å². The Morgan fingerprint density at radius 2 is 2.24 bits per heavy atom. The van der Waals surface area contributed by atoms with E-state index in [1.165, 1.54) is 0 Å². The molecule has 2 rings (SSSR count). The maximum atomic E-state index is 12.2. The first kappa shape index (κ1) is 12.8. The van der Waals surface area contributed by atoms with Crippen LogP contribution in [0.1, 0.15) is 32.6 Å². The summed E-state index contributed by atoms with van der Waals surface area (Å²) in [5.41, 5.74) is -0.205. The van der Waals surface area contributed by atoms with Gasteiger partial charge in [0.05, 0.1) is 5.41 Å². The number of ether oxygens (including phenoxy) is 1. The fourth-order valence-corrected chi connectivity index (χ4v) is 2.65. The predicted octanol–water partition coefficient (Wildman–Crippen LogP) is 0.919. The zero-order valence-corrected chi connectivity index (χ0v) is 10.8. The van der Waals surface area contributed by atoms with Crippen LogP contribution in [0, 0.1) is 11.3 Å². The normalized spacial score (nSPS) is 31.1. The lowest BCUT2D eigenvalue weighted by Gasteiger charge is -2.33. The van der Waals surface area contributed by atoms with Crippen LogP contribution in [0.25, 0.3) is 0 Å². The monoisotopic (exact) mass is 240 g/mol. The molecule has 17 heavy (non-hydrogen) atoms. The van der Waals surface area contributed by atoms with Crippen molar-refractivity contribution in [1.82, 2.24) is 10.6 Å². The van der Waals surface area contributed by atoms with Gasteiger partial charge in [0.15, 0.2) is 0 Å². The molecule has 4 nitrogen and oxygen atoms in total. The Hall–Kier alpha value is -0.610. The largest absolute Gasteiger partial charge is 0.381 e. The third kappa shape index (κ3) is 3.42. The maximum Gasteiger partial charge on any atom is 0.227 e. The van der Waals surface area contributed by atoms with Gasteiger partial charge >= 0.3 is 0 Å². The minimum atomic E-state index is -0.205. The lowest BCUT2D eigenvalue weighted by Crippen LogP contribution is -2.49. The molecule has 1 atom stereocenters. The fourth-order valence-electron chi connectivity index (χ4n) is 2.65. The molecule has 2 aliphatic heterocycles. The second-order valence-electron chi connectivity index (χ2n) is 5.61. The molecule has 1 unspecified atom stereocenters. The van der Waals surface area contributed by atoms with Gasteiger partial charge in [-0.05, 0) is 45.1 Å². The molecule has 2 fully saturated rings. The van der Waals surface area contributed by atoms with Crippen LogP contribution >= 0.6 is 0 Å². The lowest BCUT2D eigenvalue weighted by atomic mass is 9.82. The minimum absolute atomic E-state index is 0.205. The van der Waals surface area contributed by atoms with Crippen LogP contribution in [0.2, 0.25) is 0 Å². The highest BCUT2D eigenvalue weighted by atomic mass is 16.5. The van der Waals surface area contributed by atoms with E-state index in [2.05, 4.69) is 17.6 Å². The molecule has 0 aromatic heterocycles. The molecule has 98 valence electrons. The van der Waals surface area contributed by atoms with Crippen molar-refractivity contribution in [2.45, 2.75) is 32.6 Å². The first-order valence-electron chi connectivity index (χ1n) is 6.77. The van der Waals surface area contributed by atoms with Crippen molar-refractivity contribution in [1.29, 1.82) is 0 Å². The Morgan fingerprint density at radius 3 is 2.88 bits per heavy atom. The summed E-state index contributed by atoms with van der Waals surface area (Å²) in [6, 6.07) is 0. The molecule has 0 saturated carbocycles. The molecule has 0 aliphatic carbocycles. The zero-order chi connectivity index (χ0) is 12.1. The third-order valence-corrected chi connectivity index (χ3v) is 4.04. The van der Waals surface area contributed by atoms with E-state index in [0.717, 1.165) is 58.5 Å². The quantitative estimate of drug-likeness (QED) is 0.771. The number of carbonyl (C=O) groups excluding carboxylic acids is 1. The average Bonchev–Trinajstić information content (AvgIpc) is 2.38. The molecule has 1 amide bonds. The second kappa shape index (κ2) is 5.83. The molecule has 0 spiro atoms. The fraction of sp³-hybridized carbons (Fsp3) is 0.923. The van der Waals surface area contributed by atoms with Crippen LogP contribution in [0.15, 0.2) is 0 Å².